The average molecular weight is 282 g/mol. The minimum Gasteiger partial charge on any atom is -0.294 e. The highest BCUT2D eigenvalue weighted by Crippen LogP contribution is 2.14. The molecule has 0 saturated heterocycles. The van der Waals surface area contributed by atoms with Crippen LogP contribution in [0.4, 0.5) is 0 Å². The fourth-order valence-electron chi connectivity index (χ4n) is 2.02. The molecule has 0 aliphatic heterocycles. The third kappa shape index (κ3) is 2.86. The van der Waals surface area contributed by atoms with E-state index in [1.807, 2.05) is 41.8 Å². The van der Waals surface area contributed by atoms with Crippen LogP contribution in [0.1, 0.15) is 21.7 Å². The zero-order valence-corrected chi connectivity index (χ0v) is 11.7. The smallest absolute Gasteiger partial charge is 0.166 e. The fraction of sp³-hybridized carbons (Fsp3) is 0.125. The lowest BCUT2D eigenvalue weighted by Crippen LogP contribution is -1.99. The van der Waals surface area contributed by atoms with Crippen molar-refractivity contribution in [2.45, 2.75) is 12.8 Å². The number of thiophene rings is 1. The molecule has 0 fully saturated rings. The molecule has 3 aromatic rings. The van der Waals surface area contributed by atoms with E-state index in [0.29, 0.717) is 12.0 Å². The fourth-order valence-corrected chi connectivity index (χ4v) is 2.73. The van der Waals surface area contributed by atoms with Crippen LogP contribution in [0.3, 0.4) is 0 Å². The van der Waals surface area contributed by atoms with Crippen molar-refractivity contribution in [1.29, 1.82) is 0 Å². The van der Waals surface area contributed by atoms with Gasteiger partial charge in [-0.3, -0.25) is 4.79 Å². The molecule has 0 bridgehead atoms. The Morgan fingerprint density at radius 1 is 1.15 bits per heavy atom. The van der Waals surface area contributed by atoms with Crippen LogP contribution in [0.5, 0.6) is 0 Å². The standard InChI is InChI=1S/C16H14N2OS/c19-16(9-8-15-7-4-10-20-15)13-11-17-18(12-13)14-5-2-1-3-6-14/h1-7,10-12H,8-9H2. The van der Waals surface area contributed by atoms with E-state index in [1.54, 1.807) is 28.4 Å². The Hall–Kier alpha value is -2.20. The van der Waals surface area contributed by atoms with Crippen molar-refractivity contribution in [2.75, 3.05) is 0 Å². The van der Waals surface area contributed by atoms with Crippen molar-refractivity contribution >= 4 is 17.1 Å². The van der Waals surface area contributed by atoms with Crippen molar-refractivity contribution in [2.24, 2.45) is 0 Å². The number of rotatable bonds is 5. The monoisotopic (exact) mass is 282 g/mol. The molecule has 0 aliphatic carbocycles. The average Bonchev–Trinajstić information content (AvgIpc) is 3.17. The lowest BCUT2D eigenvalue weighted by molar-refractivity contribution is 0.0983. The second kappa shape index (κ2) is 5.84. The van der Waals surface area contributed by atoms with Crippen LogP contribution >= 0.6 is 11.3 Å². The highest BCUT2D eigenvalue weighted by Gasteiger charge is 2.10. The third-order valence-electron chi connectivity index (χ3n) is 3.10. The van der Waals surface area contributed by atoms with Gasteiger partial charge < -0.3 is 0 Å². The van der Waals surface area contributed by atoms with Gasteiger partial charge in [0, 0.05) is 17.5 Å². The number of hydrogen-bond acceptors (Lipinski definition) is 3. The molecule has 0 unspecified atom stereocenters. The van der Waals surface area contributed by atoms with Crippen molar-refractivity contribution in [3.8, 4) is 5.69 Å². The number of nitrogens with zero attached hydrogens (tertiary/aromatic N) is 2. The first-order valence-corrected chi connectivity index (χ1v) is 7.36. The first-order valence-electron chi connectivity index (χ1n) is 6.48. The maximum Gasteiger partial charge on any atom is 0.166 e. The van der Waals surface area contributed by atoms with E-state index in [1.165, 1.54) is 4.88 Å². The molecule has 2 heterocycles. The highest BCUT2D eigenvalue weighted by atomic mass is 32.1. The Labute approximate surface area is 121 Å². The number of carbonyl (C=O) groups is 1. The normalized spacial score (nSPS) is 10.6. The number of carbonyl (C=O) groups excluding carboxylic acids is 1. The molecule has 1 aromatic carbocycles. The molecule has 4 heteroatoms. The Morgan fingerprint density at radius 2 is 2.00 bits per heavy atom. The van der Waals surface area contributed by atoms with Gasteiger partial charge in [0.2, 0.25) is 0 Å². The van der Waals surface area contributed by atoms with Crippen LogP contribution in [-0.2, 0) is 6.42 Å². The van der Waals surface area contributed by atoms with Crippen molar-refractivity contribution in [3.63, 3.8) is 0 Å². The van der Waals surface area contributed by atoms with Crippen LogP contribution in [0.25, 0.3) is 5.69 Å². The maximum absolute atomic E-state index is 12.1. The SMILES string of the molecule is O=C(CCc1cccs1)c1cnn(-c2ccccc2)c1. The molecule has 3 nitrogen and oxygen atoms in total. The van der Waals surface area contributed by atoms with Gasteiger partial charge in [0.15, 0.2) is 5.78 Å². The number of para-hydroxylation sites is 1. The van der Waals surface area contributed by atoms with E-state index < -0.39 is 0 Å². The van der Waals surface area contributed by atoms with E-state index in [9.17, 15) is 4.79 Å². The summed E-state index contributed by atoms with van der Waals surface area (Å²) in [6.45, 7) is 0. The third-order valence-corrected chi connectivity index (χ3v) is 4.04. The minimum atomic E-state index is 0.139. The lowest BCUT2D eigenvalue weighted by Gasteiger charge is -1.99. The molecule has 0 saturated carbocycles. The summed E-state index contributed by atoms with van der Waals surface area (Å²) >= 11 is 1.69. The summed E-state index contributed by atoms with van der Waals surface area (Å²) in [6.07, 6.45) is 4.77. The summed E-state index contributed by atoms with van der Waals surface area (Å²) in [7, 11) is 0. The number of benzene rings is 1. The van der Waals surface area contributed by atoms with Crippen LogP contribution in [0.15, 0.2) is 60.2 Å². The van der Waals surface area contributed by atoms with Gasteiger partial charge in [-0.1, -0.05) is 24.3 Å². The largest absolute Gasteiger partial charge is 0.294 e. The lowest BCUT2D eigenvalue weighted by atomic mass is 10.1. The second-order valence-corrected chi connectivity index (χ2v) is 5.54. The molecule has 0 atom stereocenters. The van der Waals surface area contributed by atoms with Crippen LogP contribution < -0.4 is 0 Å². The molecule has 0 radical (unpaired) electrons. The van der Waals surface area contributed by atoms with Gasteiger partial charge >= 0.3 is 0 Å². The molecular formula is C16H14N2OS. The molecule has 0 amide bonds. The van der Waals surface area contributed by atoms with E-state index in [4.69, 9.17) is 0 Å². The first kappa shape index (κ1) is 12.8. The molecular weight excluding hydrogens is 268 g/mol. The Morgan fingerprint density at radius 3 is 2.75 bits per heavy atom. The van der Waals surface area contributed by atoms with Gasteiger partial charge in [0.25, 0.3) is 0 Å². The highest BCUT2D eigenvalue weighted by molar-refractivity contribution is 7.09. The van der Waals surface area contributed by atoms with E-state index >= 15 is 0 Å². The van der Waals surface area contributed by atoms with Crippen LogP contribution in [0.2, 0.25) is 0 Å². The summed E-state index contributed by atoms with van der Waals surface area (Å²) in [5.74, 6) is 0.139. The summed E-state index contributed by atoms with van der Waals surface area (Å²) < 4.78 is 1.73. The molecule has 2 aromatic heterocycles. The quantitative estimate of drug-likeness (QED) is 0.668. The molecule has 20 heavy (non-hydrogen) atoms. The molecule has 0 aliphatic rings. The van der Waals surface area contributed by atoms with Crippen molar-refractivity contribution in [1.82, 2.24) is 9.78 Å². The van der Waals surface area contributed by atoms with Gasteiger partial charge in [-0.05, 0) is 30.0 Å². The van der Waals surface area contributed by atoms with Gasteiger partial charge in [-0.15, -0.1) is 11.3 Å². The zero-order chi connectivity index (χ0) is 13.8. The molecule has 0 N–H and O–H groups in total. The second-order valence-electron chi connectivity index (χ2n) is 4.51. The number of aromatic nitrogens is 2. The zero-order valence-electron chi connectivity index (χ0n) is 10.9. The summed E-state index contributed by atoms with van der Waals surface area (Å²) in [4.78, 5) is 13.4. The maximum atomic E-state index is 12.1. The van der Waals surface area contributed by atoms with Crippen LogP contribution in [-0.4, -0.2) is 15.6 Å². The number of ketones is 1. The van der Waals surface area contributed by atoms with E-state index in [0.717, 1.165) is 12.1 Å². The van der Waals surface area contributed by atoms with Gasteiger partial charge in [-0.2, -0.15) is 5.10 Å². The Balaban J connectivity index is 1.69. The minimum absolute atomic E-state index is 0.139. The van der Waals surface area contributed by atoms with Gasteiger partial charge in [0.1, 0.15) is 0 Å². The Kier molecular flexibility index (Phi) is 3.74. The molecule has 100 valence electrons. The summed E-state index contributed by atoms with van der Waals surface area (Å²) in [6, 6.07) is 13.9. The predicted molar refractivity (Wildman–Crippen MR) is 80.5 cm³/mol. The van der Waals surface area contributed by atoms with E-state index in [2.05, 4.69) is 11.2 Å². The number of hydrogen-bond donors (Lipinski definition) is 0. The van der Waals surface area contributed by atoms with Gasteiger partial charge in [-0.25, -0.2) is 4.68 Å². The van der Waals surface area contributed by atoms with Crippen molar-refractivity contribution in [3.05, 3.63) is 70.7 Å². The predicted octanol–water partition coefficient (Wildman–Crippen LogP) is 3.75. The summed E-state index contributed by atoms with van der Waals surface area (Å²) in [5.41, 5.74) is 1.63. The van der Waals surface area contributed by atoms with Crippen molar-refractivity contribution < 1.29 is 4.79 Å². The molecule has 3 rings (SSSR count). The molecule has 0 spiro atoms. The summed E-state index contributed by atoms with van der Waals surface area (Å²) in [5, 5.41) is 6.29. The topological polar surface area (TPSA) is 34.9 Å². The van der Waals surface area contributed by atoms with Crippen LogP contribution in [0, 0.1) is 0 Å². The number of Topliss-reactive ketones (excluding diaryl/α,β-unsaturated/α-hetero) is 1. The van der Waals surface area contributed by atoms with Gasteiger partial charge in [0.05, 0.1) is 17.4 Å². The first-order chi connectivity index (χ1) is 9.83. The number of aryl methyl sites for hydroxylation is 1. The Bertz CT molecular complexity index is 686. The van der Waals surface area contributed by atoms with E-state index in [-0.39, 0.29) is 5.78 Å².